The molecule has 0 aliphatic carbocycles. The van der Waals surface area contributed by atoms with Gasteiger partial charge >= 0.3 is 0 Å². The fourth-order valence-corrected chi connectivity index (χ4v) is 3.65. The van der Waals surface area contributed by atoms with Crippen molar-refractivity contribution in [2.75, 3.05) is 32.8 Å². The average molecular weight is 306 g/mol. The second-order valence-electron chi connectivity index (χ2n) is 5.31. The largest absolute Gasteiger partial charge is 0.384 e. The number of amides is 1. The highest BCUT2D eigenvalue weighted by atomic mass is 32.1. The molecule has 1 aliphatic heterocycles. The van der Waals surface area contributed by atoms with Gasteiger partial charge in [0.15, 0.2) is 0 Å². The third-order valence-corrected chi connectivity index (χ3v) is 5.01. The molecular formula is C16H22N2O2S. The summed E-state index contributed by atoms with van der Waals surface area (Å²) in [6.07, 6.45) is 0. The maximum Gasteiger partial charge on any atom is 0.264 e. The molecule has 1 fully saturated rings. The fourth-order valence-electron chi connectivity index (χ4n) is 2.64. The zero-order chi connectivity index (χ0) is 15.4. The minimum Gasteiger partial charge on any atom is -0.384 e. The van der Waals surface area contributed by atoms with E-state index in [1.165, 1.54) is 11.3 Å². The number of carbonyl (C=O) groups excluding carboxylic acids is 1. The molecule has 0 bridgehead atoms. The van der Waals surface area contributed by atoms with E-state index in [2.05, 4.69) is 30.6 Å². The Hall–Kier alpha value is -1.35. The van der Waals surface area contributed by atoms with Crippen LogP contribution in [-0.4, -0.2) is 59.6 Å². The highest BCUT2D eigenvalue weighted by Crippen LogP contribution is 2.23. The second-order valence-corrected chi connectivity index (χ2v) is 6.36. The molecular weight excluding hydrogens is 284 g/mol. The van der Waals surface area contributed by atoms with Gasteiger partial charge in [-0.25, -0.2) is 0 Å². The first-order valence-corrected chi connectivity index (χ1v) is 8.12. The minimum atomic E-state index is -0.156. The van der Waals surface area contributed by atoms with Crippen LogP contribution in [0.15, 0.2) is 6.07 Å². The number of aryl methyl sites for hydroxylation is 1. The number of nitrogens with zero attached hydrogens (tertiary/aromatic N) is 2. The van der Waals surface area contributed by atoms with Crippen LogP contribution in [0, 0.1) is 18.8 Å². The lowest BCUT2D eigenvalue weighted by atomic mass is 10.2. The molecule has 114 valence electrons. The number of hydrogen-bond donors (Lipinski definition) is 1. The fraction of sp³-hybridized carbons (Fsp3) is 0.562. The van der Waals surface area contributed by atoms with Crippen LogP contribution in [0.2, 0.25) is 0 Å². The molecule has 1 aromatic heterocycles. The Morgan fingerprint density at radius 2 is 2.29 bits per heavy atom. The van der Waals surface area contributed by atoms with Crippen LogP contribution in [0.25, 0.3) is 0 Å². The van der Waals surface area contributed by atoms with Crippen LogP contribution in [0.5, 0.6) is 0 Å². The van der Waals surface area contributed by atoms with Crippen LogP contribution < -0.4 is 0 Å². The zero-order valence-corrected chi connectivity index (χ0v) is 13.7. The lowest BCUT2D eigenvalue weighted by Gasteiger charge is -2.39. The molecule has 5 heteroatoms. The number of hydrogen-bond acceptors (Lipinski definition) is 4. The van der Waals surface area contributed by atoms with Gasteiger partial charge < -0.3 is 10.0 Å². The van der Waals surface area contributed by atoms with Crippen molar-refractivity contribution in [3.05, 3.63) is 21.4 Å². The van der Waals surface area contributed by atoms with E-state index in [1.807, 2.05) is 17.9 Å². The van der Waals surface area contributed by atoms with Crippen molar-refractivity contribution < 1.29 is 9.90 Å². The number of carbonyl (C=O) groups is 1. The third-order valence-electron chi connectivity index (χ3n) is 3.87. The summed E-state index contributed by atoms with van der Waals surface area (Å²) in [5, 5.41) is 8.77. The van der Waals surface area contributed by atoms with Gasteiger partial charge in [0.25, 0.3) is 5.91 Å². The van der Waals surface area contributed by atoms with E-state index >= 15 is 0 Å². The third kappa shape index (κ3) is 3.65. The van der Waals surface area contributed by atoms with Crippen molar-refractivity contribution in [3.63, 3.8) is 0 Å². The molecule has 0 saturated carbocycles. The number of piperazine rings is 1. The first kappa shape index (κ1) is 16.0. The molecule has 2 rings (SSSR count). The van der Waals surface area contributed by atoms with E-state index in [4.69, 9.17) is 5.11 Å². The number of aliphatic hydroxyl groups is 1. The Morgan fingerprint density at radius 3 is 2.90 bits per heavy atom. The molecule has 1 aromatic rings. The van der Waals surface area contributed by atoms with E-state index in [-0.39, 0.29) is 12.5 Å². The predicted molar refractivity (Wildman–Crippen MR) is 85.6 cm³/mol. The smallest absolute Gasteiger partial charge is 0.264 e. The number of aliphatic hydroxyl groups excluding tert-OH is 1. The van der Waals surface area contributed by atoms with Gasteiger partial charge in [-0.1, -0.05) is 18.8 Å². The summed E-state index contributed by atoms with van der Waals surface area (Å²) in [6, 6.07) is 2.31. The Bertz CT molecular complexity index is 571. The van der Waals surface area contributed by atoms with E-state index in [9.17, 15) is 4.79 Å². The van der Waals surface area contributed by atoms with Crippen LogP contribution in [0.3, 0.4) is 0 Å². The van der Waals surface area contributed by atoms with Crippen LogP contribution in [0.1, 0.15) is 34.0 Å². The molecule has 1 saturated heterocycles. The summed E-state index contributed by atoms with van der Waals surface area (Å²) in [6.45, 7) is 9.65. The van der Waals surface area contributed by atoms with Gasteiger partial charge in [0, 0.05) is 25.7 Å². The monoisotopic (exact) mass is 306 g/mol. The average Bonchev–Trinajstić information content (AvgIpc) is 2.85. The van der Waals surface area contributed by atoms with Crippen molar-refractivity contribution in [3.8, 4) is 11.8 Å². The van der Waals surface area contributed by atoms with Gasteiger partial charge in [0.2, 0.25) is 0 Å². The lowest BCUT2D eigenvalue weighted by Crippen LogP contribution is -2.53. The maximum absolute atomic E-state index is 12.6. The van der Waals surface area contributed by atoms with Gasteiger partial charge in [-0.3, -0.25) is 9.69 Å². The number of thiophene rings is 1. The molecule has 2 heterocycles. The van der Waals surface area contributed by atoms with Gasteiger partial charge in [-0.05, 0) is 32.0 Å². The normalized spacial score (nSPS) is 19.2. The van der Waals surface area contributed by atoms with Crippen LogP contribution in [0.4, 0.5) is 0 Å². The maximum atomic E-state index is 12.6. The van der Waals surface area contributed by atoms with Crippen molar-refractivity contribution in [2.45, 2.75) is 26.8 Å². The van der Waals surface area contributed by atoms with Crippen molar-refractivity contribution in [1.82, 2.24) is 9.80 Å². The Morgan fingerprint density at radius 1 is 1.52 bits per heavy atom. The minimum absolute atomic E-state index is 0.0998. The molecule has 21 heavy (non-hydrogen) atoms. The SMILES string of the molecule is CCN1CCN(C(=O)c2cc(C)c(C#CCO)s2)CC1C. The first-order chi connectivity index (χ1) is 10.1. The highest BCUT2D eigenvalue weighted by Gasteiger charge is 2.27. The summed E-state index contributed by atoms with van der Waals surface area (Å²) in [5.74, 6) is 5.65. The zero-order valence-electron chi connectivity index (χ0n) is 12.8. The van der Waals surface area contributed by atoms with Crippen LogP contribution >= 0.6 is 11.3 Å². The summed E-state index contributed by atoms with van der Waals surface area (Å²) >= 11 is 1.42. The highest BCUT2D eigenvalue weighted by molar-refractivity contribution is 7.14. The molecule has 0 spiro atoms. The van der Waals surface area contributed by atoms with Crippen molar-refractivity contribution in [2.24, 2.45) is 0 Å². The summed E-state index contributed by atoms with van der Waals surface area (Å²) in [7, 11) is 0. The molecule has 4 nitrogen and oxygen atoms in total. The topological polar surface area (TPSA) is 43.8 Å². The molecule has 1 amide bonds. The lowest BCUT2D eigenvalue weighted by molar-refractivity contribution is 0.0532. The van der Waals surface area contributed by atoms with Crippen molar-refractivity contribution >= 4 is 17.2 Å². The van der Waals surface area contributed by atoms with E-state index in [0.717, 1.165) is 41.5 Å². The van der Waals surface area contributed by atoms with Crippen molar-refractivity contribution in [1.29, 1.82) is 0 Å². The number of rotatable bonds is 2. The van der Waals surface area contributed by atoms with Gasteiger partial charge in [-0.2, -0.15) is 0 Å². The van der Waals surface area contributed by atoms with Crippen LogP contribution in [-0.2, 0) is 0 Å². The summed E-state index contributed by atoms with van der Waals surface area (Å²) in [4.78, 5) is 18.5. The second kappa shape index (κ2) is 7.08. The standard InChI is InChI=1S/C16H22N2O2S/c1-4-17-7-8-18(11-13(17)3)16(20)15-10-12(2)14(21-15)6-5-9-19/h10,13,19H,4,7-9,11H2,1-3H3. The Balaban J connectivity index is 2.10. The molecule has 1 aliphatic rings. The van der Waals surface area contributed by atoms with Gasteiger partial charge in [0.05, 0.1) is 9.75 Å². The Kier molecular flexibility index (Phi) is 5.40. The number of likely N-dealkylation sites (N-methyl/N-ethyl adjacent to an activating group) is 1. The molecule has 1 unspecified atom stereocenters. The first-order valence-electron chi connectivity index (χ1n) is 7.30. The summed E-state index contributed by atoms with van der Waals surface area (Å²) < 4.78 is 0. The van der Waals surface area contributed by atoms with E-state index in [0.29, 0.717) is 6.04 Å². The summed E-state index contributed by atoms with van der Waals surface area (Å²) in [5.41, 5.74) is 1.00. The Labute approximate surface area is 130 Å². The molecule has 1 N–H and O–H groups in total. The predicted octanol–water partition coefficient (Wildman–Crippen LogP) is 1.57. The molecule has 0 radical (unpaired) electrons. The molecule has 0 aromatic carbocycles. The molecule has 1 atom stereocenters. The van der Waals surface area contributed by atoms with E-state index in [1.54, 1.807) is 0 Å². The van der Waals surface area contributed by atoms with Gasteiger partial charge in [0.1, 0.15) is 6.61 Å². The quantitative estimate of drug-likeness (QED) is 0.844. The van der Waals surface area contributed by atoms with E-state index < -0.39 is 0 Å². The van der Waals surface area contributed by atoms with Gasteiger partial charge in [-0.15, -0.1) is 11.3 Å².